The zero-order valence-electron chi connectivity index (χ0n) is 13.2. The summed E-state index contributed by atoms with van der Waals surface area (Å²) in [6.45, 7) is 3.02. The third kappa shape index (κ3) is 3.21. The van der Waals surface area contributed by atoms with Crippen LogP contribution < -0.4 is 4.74 Å². The third-order valence-corrected chi connectivity index (χ3v) is 4.08. The molecule has 0 aliphatic heterocycles. The molecule has 0 aliphatic rings. The Hall–Kier alpha value is -2.53. The summed E-state index contributed by atoms with van der Waals surface area (Å²) in [5.41, 5.74) is 1.88. The average molecular weight is 345 g/mol. The Morgan fingerprint density at radius 1 is 1.25 bits per heavy atom. The van der Waals surface area contributed by atoms with Crippen molar-refractivity contribution in [1.29, 1.82) is 0 Å². The second-order valence-corrected chi connectivity index (χ2v) is 6.03. The monoisotopic (exact) mass is 344 g/mol. The van der Waals surface area contributed by atoms with Gasteiger partial charge >= 0.3 is 0 Å². The van der Waals surface area contributed by atoms with Gasteiger partial charge in [0.2, 0.25) is 5.88 Å². The topological polar surface area (TPSA) is 63.8 Å². The van der Waals surface area contributed by atoms with Crippen molar-refractivity contribution in [2.45, 2.75) is 19.9 Å². The summed E-state index contributed by atoms with van der Waals surface area (Å²) in [6.07, 6.45) is 0.673. The molecule has 124 valence electrons. The van der Waals surface area contributed by atoms with E-state index in [0.717, 1.165) is 16.8 Å². The Kier molecular flexibility index (Phi) is 4.71. The maximum absolute atomic E-state index is 11.0. The zero-order valence-corrected chi connectivity index (χ0v) is 14.0. The van der Waals surface area contributed by atoms with Crippen molar-refractivity contribution in [3.8, 4) is 11.6 Å². The molecule has 1 heterocycles. The van der Waals surface area contributed by atoms with E-state index in [0.29, 0.717) is 30.0 Å². The predicted molar refractivity (Wildman–Crippen MR) is 95.4 cm³/mol. The first-order chi connectivity index (χ1) is 11.6. The highest BCUT2D eigenvalue weighted by molar-refractivity contribution is 6.31. The van der Waals surface area contributed by atoms with Crippen LogP contribution in [0.25, 0.3) is 10.9 Å². The molecule has 0 bridgehead atoms. The Bertz CT molecular complexity index is 889. The molecule has 1 aromatic heterocycles. The lowest BCUT2D eigenvalue weighted by molar-refractivity contribution is 0.298. The summed E-state index contributed by atoms with van der Waals surface area (Å²) >= 11 is 5.96. The molecule has 0 unspecified atom stereocenters. The number of ether oxygens (including phenoxy) is 1. The number of hydrogen-bond acceptors (Lipinski definition) is 4. The maximum Gasteiger partial charge on any atom is 0.222 e. The first kappa shape index (κ1) is 16.3. The van der Waals surface area contributed by atoms with Crippen LogP contribution in [0.3, 0.4) is 0 Å². The summed E-state index contributed by atoms with van der Waals surface area (Å²) in [5.74, 6) is 0.677. The number of fused-ring (bicyclic) bond motifs is 1. The van der Waals surface area contributed by atoms with Crippen molar-refractivity contribution >= 4 is 28.2 Å². The molecule has 0 amide bonds. The first-order valence-electron chi connectivity index (χ1n) is 7.63. The fraction of sp³-hybridized carbons (Fsp3) is 0.222. The number of halogens is 1. The van der Waals surface area contributed by atoms with Gasteiger partial charge in [-0.25, -0.2) is 0 Å². The van der Waals surface area contributed by atoms with Gasteiger partial charge in [-0.3, -0.25) is 0 Å². The largest absolute Gasteiger partial charge is 0.494 e. The van der Waals surface area contributed by atoms with E-state index < -0.39 is 0 Å². The zero-order chi connectivity index (χ0) is 17.1. The van der Waals surface area contributed by atoms with Crippen molar-refractivity contribution in [3.05, 3.63) is 58.0 Å². The summed E-state index contributed by atoms with van der Waals surface area (Å²) in [6, 6.07) is 13.0. The fourth-order valence-corrected chi connectivity index (χ4v) is 2.90. The molecule has 0 spiro atoms. The second-order valence-electron chi connectivity index (χ2n) is 5.60. The molecular weight excluding hydrogens is 328 g/mol. The van der Waals surface area contributed by atoms with Gasteiger partial charge in [0, 0.05) is 17.0 Å². The van der Waals surface area contributed by atoms with Gasteiger partial charge in [0.25, 0.3) is 0 Å². The molecule has 0 radical (unpaired) electrons. The summed E-state index contributed by atoms with van der Waals surface area (Å²) in [5, 5.41) is 14.2. The molecular formula is C18H17ClN2O3. The van der Waals surface area contributed by atoms with Crippen LogP contribution in [-0.4, -0.2) is 16.3 Å². The Morgan fingerprint density at radius 3 is 2.83 bits per heavy atom. The normalized spacial score (nSPS) is 10.9. The second kappa shape index (κ2) is 6.93. The lowest BCUT2D eigenvalue weighted by Gasteiger charge is -2.09. The van der Waals surface area contributed by atoms with Gasteiger partial charge in [-0.1, -0.05) is 23.7 Å². The average Bonchev–Trinajstić information content (AvgIpc) is 2.82. The number of benzene rings is 2. The van der Waals surface area contributed by atoms with E-state index in [1.807, 2.05) is 31.2 Å². The number of nitroso groups, excluding NO2 is 1. The summed E-state index contributed by atoms with van der Waals surface area (Å²) in [4.78, 5) is 11.0. The van der Waals surface area contributed by atoms with Crippen LogP contribution in [0, 0.1) is 11.8 Å². The Balaban J connectivity index is 1.73. The van der Waals surface area contributed by atoms with Crippen LogP contribution in [0.15, 0.2) is 47.6 Å². The molecule has 0 fully saturated rings. The van der Waals surface area contributed by atoms with E-state index in [1.54, 1.807) is 22.8 Å². The van der Waals surface area contributed by atoms with Crippen molar-refractivity contribution in [1.82, 2.24) is 4.57 Å². The van der Waals surface area contributed by atoms with E-state index in [9.17, 15) is 10.0 Å². The van der Waals surface area contributed by atoms with Crippen molar-refractivity contribution in [3.63, 3.8) is 0 Å². The quantitative estimate of drug-likeness (QED) is 0.495. The molecule has 1 N–H and O–H groups in total. The smallest absolute Gasteiger partial charge is 0.222 e. The summed E-state index contributed by atoms with van der Waals surface area (Å²) in [7, 11) is 0. The number of aromatic nitrogens is 1. The molecule has 6 heteroatoms. The Labute approximate surface area is 144 Å². The van der Waals surface area contributed by atoms with E-state index >= 15 is 0 Å². The lowest BCUT2D eigenvalue weighted by Crippen LogP contribution is -2.04. The van der Waals surface area contributed by atoms with E-state index in [2.05, 4.69) is 5.18 Å². The SMILES string of the molecule is Cc1cccc(OCCCn2c(O)c(N=O)c3cc(Cl)ccc32)c1. The van der Waals surface area contributed by atoms with Crippen molar-refractivity contribution in [2.75, 3.05) is 6.61 Å². The van der Waals surface area contributed by atoms with Gasteiger partial charge in [0.15, 0.2) is 5.69 Å². The number of nitrogens with zero attached hydrogens (tertiary/aromatic N) is 2. The lowest BCUT2D eigenvalue weighted by atomic mass is 10.2. The number of rotatable bonds is 6. The van der Waals surface area contributed by atoms with E-state index in [-0.39, 0.29) is 11.6 Å². The van der Waals surface area contributed by atoms with E-state index in [4.69, 9.17) is 16.3 Å². The van der Waals surface area contributed by atoms with Crippen LogP contribution in [0.4, 0.5) is 5.69 Å². The van der Waals surface area contributed by atoms with E-state index in [1.165, 1.54) is 0 Å². The minimum atomic E-state index is -0.141. The fourth-order valence-electron chi connectivity index (χ4n) is 2.73. The highest BCUT2D eigenvalue weighted by Crippen LogP contribution is 2.39. The third-order valence-electron chi connectivity index (χ3n) is 3.85. The summed E-state index contributed by atoms with van der Waals surface area (Å²) < 4.78 is 7.37. The Morgan fingerprint density at radius 2 is 2.08 bits per heavy atom. The molecule has 5 nitrogen and oxygen atoms in total. The molecule has 0 saturated carbocycles. The first-order valence-corrected chi connectivity index (χ1v) is 8.01. The van der Waals surface area contributed by atoms with Gasteiger partial charge in [-0.05, 0) is 54.4 Å². The molecule has 3 aromatic rings. The molecule has 2 aromatic carbocycles. The minimum Gasteiger partial charge on any atom is -0.494 e. The molecule has 3 rings (SSSR count). The van der Waals surface area contributed by atoms with Crippen LogP contribution in [0.2, 0.25) is 5.02 Å². The highest BCUT2D eigenvalue weighted by atomic mass is 35.5. The van der Waals surface area contributed by atoms with Crippen LogP contribution >= 0.6 is 11.6 Å². The van der Waals surface area contributed by atoms with Gasteiger partial charge in [-0.2, -0.15) is 0 Å². The van der Waals surface area contributed by atoms with Crippen LogP contribution in [-0.2, 0) is 6.54 Å². The molecule has 24 heavy (non-hydrogen) atoms. The van der Waals surface area contributed by atoms with Crippen molar-refractivity contribution < 1.29 is 9.84 Å². The van der Waals surface area contributed by atoms with Crippen LogP contribution in [0.5, 0.6) is 11.6 Å². The maximum atomic E-state index is 11.0. The highest BCUT2D eigenvalue weighted by Gasteiger charge is 2.17. The van der Waals surface area contributed by atoms with Gasteiger partial charge in [-0.15, -0.1) is 4.91 Å². The van der Waals surface area contributed by atoms with Gasteiger partial charge < -0.3 is 14.4 Å². The predicted octanol–water partition coefficient (Wildman–Crippen LogP) is 5.18. The van der Waals surface area contributed by atoms with Crippen LogP contribution in [0.1, 0.15) is 12.0 Å². The van der Waals surface area contributed by atoms with Gasteiger partial charge in [0.05, 0.1) is 12.1 Å². The standard InChI is InChI=1S/C18H17ClN2O3/c1-12-4-2-5-14(10-12)24-9-3-8-21-16-7-6-13(19)11-15(16)17(20-23)18(21)22/h2,4-7,10-11,22H,3,8-9H2,1H3. The molecule has 0 aliphatic carbocycles. The number of aryl methyl sites for hydroxylation is 2. The molecule has 0 atom stereocenters. The number of hydrogen-bond donors (Lipinski definition) is 1. The number of aromatic hydroxyl groups is 1. The van der Waals surface area contributed by atoms with Crippen molar-refractivity contribution in [2.24, 2.45) is 5.18 Å². The van der Waals surface area contributed by atoms with Gasteiger partial charge in [0.1, 0.15) is 5.75 Å². The minimum absolute atomic E-state index is 0.0205. The molecule has 0 saturated heterocycles.